The van der Waals surface area contributed by atoms with E-state index in [-0.39, 0.29) is 47.8 Å². The summed E-state index contributed by atoms with van der Waals surface area (Å²) in [6, 6.07) is 7.10. The zero-order chi connectivity index (χ0) is 28.7. The van der Waals surface area contributed by atoms with E-state index in [4.69, 9.17) is 18.9 Å². The quantitative estimate of drug-likeness (QED) is 0.184. The van der Waals surface area contributed by atoms with E-state index in [1.54, 1.807) is 13.0 Å². The first kappa shape index (κ1) is 29.0. The normalized spacial score (nSPS) is 13.9. The Morgan fingerprint density at radius 2 is 1.90 bits per heavy atom. The average Bonchev–Trinajstić information content (AvgIpc) is 3.76. The molecular formula is C28H29F4N3O5. The van der Waals surface area contributed by atoms with Crippen LogP contribution in [0.15, 0.2) is 42.9 Å². The molecule has 0 bridgehead atoms. The standard InChI is InChI=1S/C28H29F4N3O5/c1-3-38-26(36)12-20(18-4-5-18)23-13-25(35-16-34-23)40-15-17-10-24(39-9-8-28(30,31)32)27(33-14-17)21-11-19(37-2)6-7-22(21)29/h6-7,10-11,13-14,16,18,20H,3-5,8-9,12,15H2,1-2H3. The third-order valence-corrected chi connectivity index (χ3v) is 6.29. The second-order valence-corrected chi connectivity index (χ2v) is 9.27. The number of esters is 1. The molecule has 0 N–H and O–H groups in total. The van der Waals surface area contributed by atoms with Crippen LogP contribution < -0.4 is 14.2 Å². The highest BCUT2D eigenvalue weighted by molar-refractivity contribution is 5.70. The second kappa shape index (κ2) is 12.9. The van der Waals surface area contributed by atoms with Crippen molar-refractivity contribution in [2.75, 3.05) is 20.3 Å². The first-order valence-corrected chi connectivity index (χ1v) is 12.8. The van der Waals surface area contributed by atoms with Gasteiger partial charge in [0.1, 0.15) is 35.9 Å². The van der Waals surface area contributed by atoms with Gasteiger partial charge in [0.15, 0.2) is 0 Å². The lowest BCUT2D eigenvalue weighted by Gasteiger charge is -2.16. The van der Waals surface area contributed by atoms with Gasteiger partial charge in [0.2, 0.25) is 5.88 Å². The van der Waals surface area contributed by atoms with Crippen LogP contribution in [0, 0.1) is 11.7 Å². The fourth-order valence-electron chi connectivity index (χ4n) is 4.17. The molecule has 1 aliphatic rings. The largest absolute Gasteiger partial charge is 0.497 e. The summed E-state index contributed by atoms with van der Waals surface area (Å²) < 4.78 is 74.4. The van der Waals surface area contributed by atoms with Gasteiger partial charge in [0.05, 0.1) is 38.9 Å². The average molecular weight is 564 g/mol. The van der Waals surface area contributed by atoms with Crippen molar-refractivity contribution in [3.05, 3.63) is 59.9 Å². The smallest absolute Gasteiger partial charge is 0.392 e. The Morgan fingerprint density at radius 1 is 1.10 bits per heavy atom. The van der Waals surface area contributed by atoms with Gasteiger partial charge in [-0.05, 0) is 49.9 Å². The summed E-state index contributed by atoms with van der Waals surface area (Å²) in [5, 5.41) is 0. The Hall–Kier alpha value is -3.96. The fraction of sp³-hybridized carbons (Fsp3) is 0.429. The van der Waals surface area contributed by atoms with E-state index >= 15 is 0 Å². The Balaban J connectivity index is 1.53. The number of alkyl halides is 3. The van der Waals surface area contributed by atoms with E-state index in [9.17, 15) is 22.4 Å². The lowest BCUT2D eigenvalue weighted by atomic mass is 9.95. The summed E-state index contributed by atoms with van der Waals surface area (Å²) in [7, 11) is 1.41. The number of carbonyl (C=O) groups is 1. The Bertz CT molecular complexity index is 1320. The maximum absolute atomic E-state index is 14.6. The van der Waals surface area contributed by atoms with Crippen LogP contribution in [0.3, 0.4) is 0 Å². The Morgan fingerprint density at radius 3 is 2.60 bits per heavy atom. The number of nitrogens with zero attached hydrogens (tertiary/aromatic N) is 3. The molecule has 1 aromatic carbocycles. The molecule has 4 rings (SSSR count). The van der Waals surface area contributed by atoms with Crippen molar-refractivity contribution < 1.29 is 41.3 Å². The number of hydrogen-bond donors (Lipinski definition) is 0. The van der Waals surface area contributed by atoms with Gasteiger partial charge in [0, 0.05) is 29.3 Å². The summed E-state index contributed by atoms with van der Waals surface area (Å²) in [4.78, 5) is 24.8. The van der Waals surface area contributed by atoms with Crippen LogP contribution in [0.2, 0.25) is 0 Å². The minimum atomic E-state index is -4.42. The van der Waals surface area contributed by atoms with Crippen LogP contribution in [0.5, 0.6) is 17.4 Å². The number of methoxy groups -OCH3 is 1. The molecule has 0 saturated heterocycles. The van der Waals surface area contributed by atoms with Crippen LogP contribution in [0.4, 0.5) is 17.6 Å². The molecule has 0 spiro atoms. The van der Waals surface area contributed by atoms with Crippen molar-refractivity contribution in [2.24, 2.45) is 5.92 Å². The number of rotatable bonds is 13. The van der Waals surface area contributed by atoms with E-state index in [2.05, 4.69) is 15.0 Å². The molecule has 1 atom stereocenters. The molecule has 1 aliphatic carbocycles. The van der Waals surface area contributed by atoms with Crippen molar-refractivity contribution in [2.45, 2.75) is 51.3 Å². The zero-order valence-electron chi connectivity index (χ0n) is 22.0. The lowest BCUT2D eigenvalue weighted by Crippen LogP contribution is -2.14. The summed E-state index contributed by atoms with van der Waals surface area (Å²) in [6.07, 6.45) is -0.651. The summed E-state index contributed by atoms with van der Waals surface area (Å²) >= 11 is 0. The molecule has 1 fully saturated rings. The van der Waals surface area contributed by atoms with Gasteiger partial charge in [-0.15, -0.1) is 0 Å². The number of pyridine rings is 1. The minimum Gasteiger partial charge on any atom is -0.497 e. The van der Waals surface area contributed by atoms with Crippen LogP contribution in [-0.2, 0) is 16.1 Å². The van der Waals surface area contributed by atoms with Crippen molar-refractivity contribution in [3.63, 3.8) is 0 Å². The molecule has 0 aliphatic heterocycles. The predicted octanol–water partition coefficient (Wildman–Crippen LogP) is 6.04. The predicted molar refractivity (Wildman–Crippen MR) is 135 cm³/mol. The molecule has 0 amide bonds. The molecule has 2 aromatic heterocycles. The van der Waals surface area contributed by atoms with E-state index in [0.29, 0.717) is 29.5 Å². The molecule has 2 heterocycles. The summed E-state index contributed by atoms with van der Waals surface area (Å²) in [6.45, 7) is 1.33. The molecule has 40 heavy (non-hydrogen) atoms. The van der Waals surface area contributed by atoms with Crippen molar-refractivity contribution in [1.29, 1.82) is 0 Å². The second-order valence-electron chi connectivity index (χ2n) is 9.27. The van der Waals surface area contributed by atoms with Gasteiger partial charge < -0.3 is 18.9 Å². The number of hydrogen-bond acceptors (Lipinski definition) is 8. The molecule has 3 aromatic rings. The Labute approximate surface area is 228 Å². The number of benzene rings is 1. The molecule has 1 unspecified atom stereocenters. The third kappa shape index (κ3) is 8.03. The first-order chi connectivity index (χ1) is 19.2. The van der Waals surface area contributed by atoms with E-state index < -0.39 is 25.0 Å². The highest BCUT2D eigenvalue weighted by Gasteiger charge is 2.35. The van der Waals surface area contributed by atoms with Gasteiger partial charge in [0.25, 0.3) is 0 Å². The molecule has 1 saturated carbocycles. The van der Waals surface area contributed by atoms with Crippen molar-refractivity contribution in [1.82, 2.24) is 15.0 Å². The topological polar surface area (TPSA) is 92.7 Å². The number of ether oxygens (including phenoxy) is 4. The van der Waals surface area contributed by atoms with Crippen LogP contribution in [-0.4, -0.2) is 47.4 Å². The SMILES string of the molecule is CCOC(=O)CC(c1cc(OCc2cnc(-c3cc(OC)ccc3F)c(OCCC(F)(F)F)c2)ncn1)C1CC1. The fourth-order valence-corrected chi connectivity index (χ4v) is 4.17. The van der Waals surface area contributed by atoms with Crippen LogP contribution >= 0.6 is 0 Å². The maximum atomic E-state index is 14.6. The van der Waals surface area contributed by atoms with Gasteiger partial charge >= 0.3 is 12.1 Å². The molecule has 12 heteroatoms. The van der Waals surface area contributed by atoms with Crippen molar-refractivity contribution in [3.8, 4) is 28.6 Å². The number of carbonyl (C=O) groups excluding carboxylic acids is 1. The highest BCUT2D eigenvalue weighted by atomic mass is 19.4. The molecule has 0 radical (unpaired) electrons. The summed E-state index contributed by atoms with van der Waals surface area (Å²) in [5.41, 5.74) is 1.16. The van der Waals surface area contributed by atoms with Crippen LogP contribution in [0.25, 0.3) is 11.3 Å². The lowest BCUT2D eigenvalue weighted by molar-refractivity contribution is -0.143. The van der Waals surface area contributed by atoms with Crippen molar-refractivity contribution >= 4 is 5.97 Å². The minimum absolute atomic E-state index is 0.0157. The number of halogens is 4. The van der Waals surface area contributed by atoms with E-state index in [1.165, 1.54) is 43.9 Å². The highest BCUT2D eigenvalue weighted by Crippen LogP contribution is 2.44. The van der Waals surface area contributed by atoms with E-state index in [1.807, 2.05) is 0 Å². The molecule has 8 nitrogen and oxygen atoms in total. The van der Waals surface area contributed by atoms with Gasteiger partial charge in [-0.2, -0.15) is 13.2 Å². The van der Waals surface area contributed by atoms with Gasteiger partial charge in [-0.3, -0.25) is 9.78 Å². The van der Waals surface area contributed by atoms with Gasteiger partial charge in [-0.25, -0.2) is 14.4 Å². The maximum Gasteiger partial charge on any atom is 0.392 e. The zero-order valence-corrected chi connectivity index (χ0v) is 22.0. The monoisotopic (exact) mass is 563 g/mol. The third-order valence-electron chi connectivity index (χ3n) is 6.29. The van der Waals surface area contributed by atoms with E-state index in [0.717, 1.165) is 12.8 Å². The van der Waals surface area contributed by atoms with Crippen LogP contribution in [0.1, 0.15) is 49.8 Å². The molecule has 214 valence electrons. The first-order valence-electron chi connectivity index (χ1n) is 12.8. The van der Waals surface area contributed by atoms with Gasteiger partial charge in [-0.1, -0.05) is 0 Å². The Kier molecular flexibility index (Phi) is 9.38. The number of aromatic nitrogens is 3. The molecular weight excluding hydrogens is 534 g/mol. The summed E-state index contributed by atoms with van der Waals surface area (Å²) in [5.74, 6) is -0.157.